The first kappa shape index (κ1) is 19.0. The van der Waals surface area contributed by atoms with E-state index < -0.39 is 0 Å². The van der Waals surface area contributed by atoms with E-state index in [4.69, 9.17) is 18.9 Å². The van der Waals surface area contributed by atoms with E-state index in [0.717, 1.165) is 40.3 Å². The lowest BCUT2D eigenvalue weighted by atomic mass is 9.98. The van der Waals surface area contributed by atoms with Crippen LogP contribution in [0.15, 0.2) is 42.5 Å². The van der Waals surface area contributed by atoms with Crippen molar-refractivity contribution in [3.05, 3.63) is 48.0 Å². The van der Waals surface area contributed by atoms with Gasteiger partial charge in [-0.25, -0.2) is 0 Å². The molecule has 0 saturated carbocycles. The number of phenols is 1. The number of aromatic hydroxyl groups is 1. The standard InChI is InChI=1S/C23H26O5/c1-2-16-7-8-20-21(13-16)22(24)18-5-3-4-6-19(18)23(20)27-12-11-25-9-10-26-14-17-15-28-17/h3-8,13,17,24H,2,9-12,14-15H2,1H3. The average Bonchev–Trinajstić information content (AvgIpc) is 3.56. The summed E-state index contributed by atoms with van der Waals surface area (Å²) in [7, 11) is 0. The van der Waals surface area contributed by atoms with Crippen LogP contribution >= 0.6 is 0 Å². The second kappa shape index (κ2) is 8.78. The van der Waals surface area contributed by atoms with E-state index >= 15 is 0 Å². The fourth-order valence-electron chi connectivity index (χ4n) is 3.34. The van der Waals surface area contributed by atoms with E-state index in [-0.39, 0.29) is 6.10 Å². The third kappa shape index (κ3) is 4.22. The Hall–Kier alpha value is -2.34. The van der Waals surface area contributed by atoms with Crippen LogP contribution in [0.2, 0.25) is 0 Å². The highest BCUT2D eigenvalue weighted by Gasteiger charge is 2.22. The van der Waals surface area contributed by atoms with Crippen LogP contribution < -0.4 is 4.74 Å². The van der Waals surface area contributed by atoms with Gasteiger partial charge in [0, 0.05) is 21.5 Å². The molecule has 28 heavy (non-hydrogen) atoms. The maximum atomic E-state index is 10.8. The van der Waals surface area contributed by atoms with E-state index in [2.05, 4.69) is 13.0 Å². The predicted octanol–water partition coefficient (Wildman–Crippen LogP) is 4.07. The van der Waals surface area contributed by atoms with Crippen LogP contribution in [0.1, 0.15) is 12.5 Å². The van der Waals surface area contributed by atoms with Crippen molar-refractivity contribution in [1.29, 1.82) is 0 Å². The molecule has 0 amide bonds. The summed E-state index contributed by atoms with van der Waals surface area (Å²) < 4.78 is 22.3. The molecule has 0 spiro atoms. The molecule has 3 aromatic carbocycles. The van der Waals surface area contributed by atoms with Crippen LogP contribution in [-0.2, 0) is 20.6 Å². The van der Waals surface area contributed by atoms with Crippen molar-refractivity contribution in [2.24, 2.45) is 0 Å². The largest absolute Gasteiger partial charge is 0.507 e. The molecule has 1 aliphatic rings. The Labute approximate surface area is 164 Å². The summed E-state index contributed by atoms with van der Waals surface area (Å²) in [5.41, 5.74) is 1.18. The van der Waals surface area contributed by atoms with Gasteiger partial charge < -0.3 is 24.1 Å². The minimum absolute atomic E-state index is 0.285. The zero-order valence-corrected chi connectivity index (χ0v) is 16.1. The Morgan fingerprint density at radius 3 is 2.43 bits per heavy atom. The summed E-state index contributed by atoms with van der Waals surface area (Å²) in [6.07, 6.45) is 1.20. The second-order valence-corrected chi connectivity index (χ2v) is 6.95. The van der Waals surface area contributed by atoms with Crippen LogP contribution in [0, 0.1) is 0 Å². The van der Waals surface area contributed by atoms with Crippen LogP contribution in [0.25, 0.3) is 21.5 Å². The van der Waals surface area contributed by atoms with E-state index in [9.17, 15) is 5.11 Å². The van der Waals surface area contributed by atoms with Gasteiger partial charge in [-0.3, -0.25) is 0 Å². The smallest absolute Gasteiger partial charge is 0.135 e. The fraction of sp³-hybridized carbons (Fsp3) is 0.391. The molecular formula is C23H26O5. The fourth-order valence-corrected chi connectivity index (χ4v) is 3.34. The van der Waals surface area contributed by atoms with Crippen molar-refractivity contribution in [1.82, 2.24) is 0 Å². The lowest BCUT2D eigenvalue weighted by molar-refractivity contribution is 0.0320. The molecule has 1 heterocycles. The van der Waals surface area contributed by atoms with E-state index in [1.165, 1.54) is 5.56 Å². The Balaban J connectivity index is 1.46. The van der Waals surface area contributed by atoms with Crippen molar-refractivity contribution >= 4 is 21.5 Å². The van der Waals surface area contributed by atoms with Crippen LogP contribution in [0.4, 0.5) is 0 Å². The van der Waals surface area contributed by atoms with Crippen LogP contribution in [0.5, 0.6) is 11.5 Å². The Kier molecular flexibility index (Phi) is 5.95. The number of phenolic OH excluding ortho intramolecular Hbond substituents is 1. The quantitative estimate of drug-likeness (QED) is 0.325. The zero-order chi connectivity index (χ0) is 19.3. The Bertz CT molecular complexity index is 949. The lowest BCUT2D eigenvalue weighted by Gasteiger charge is -2.15. The molecule has 1 fully saturated rings. The van der Waals surface area contributed by atoms with Crippen molar-refractivity contribution in [3.8, 4) is 11.5 Å². The first-order valence-electron chi connectivity index (χ1n) is 9.84. The third-order valence-electron chi connectivity index (χ3n) is 4.97. The molecule has 5 nitrogen and oxygen atoms in total. The topological polar surface area (TPSA) is 60.5 Å². The molecule has 148 valence electrons. The summed E-state index contributed by atoms with van der Waals surface area (Å²) in [6, 6.07) is 13.9. The van der Waals surface area contributed by atoms with Crippen molar-refractivity contribution in [2.45, 2.75) is 19.4 Å². The monoisotopic (exact) mass is 382 g/mol. The number of ether oxygens (including phenoxy) is 4. The number of aryl methyl sites for hydroxylation is 1. The molecule has 1 unspecified atom stereocenters. The average molecular weight is 382 g/mol. The Morgan fingerprint density at radius 1 is 0.929 bits per heavy atom. The third-order valence-corrected chi connectivity index (χ3v) is 4.97. The summed E-state index contributed by atoms with van der Waals surface area (Å²) >= 11 is 0. The molecular weight excluding hydrogens is 356 g/mol. The molecule has 1 atom stereocenters. The van der Waals surface area contributed by atoms with Gasteiger partial charge in [-0.05, 0) is 18.1 Å². The number of benzene rings is 3. The van der Waals surface area contributed by atoms with E-state index in [0.29, 0.717) is 38.8 Å². The number of epoxide rings is 1. The molecule has 5 heteroatoms. The molecule has 0 radical (unpaired) electrons. The van der Waals surface area contributed by atoms with Gasteiger partial charge in [0.25, 0.3) is 0 Å². The number of hydrogen-bond acceptors (Lipinski definition) is 5. The number of fused-ring (bicyclic) bond motifs is 2. The van der Waals surface area contributed by atoms with Gasteiger partial charge in [0.1, 0.15) is 24.2 Å². The molecule has 0 aliphatic carbocycles. The second-order valence-electron chi connectivity index (χ2n) is 6.95. The van der Waals surface area contributed by atoms with Gasteiger partial charge >= 0.3 is 0 Å². The molecule has 0 bridgehead atoms. The Morgan fingerprint density at radius 2 is 1.64 bits per heavy atom. The maximum Gasteiger partial charge on any atom is 0.135 e. The summed E-state index contributed by atoms with van der Waals surface area (Å²) in [4.78, 5) is 0. The lowest BCUT2D eigenvalue weighted by Crippen LogP contribution is -2.12. The molecule has 0 aromatic heterocycles. The summed E-state index contributed by atoms with van der Waals surface area (Å²) in [5, 5.41) is 14.2. The van der Waals surface area contributed by atoms with Gasteiger partial charge in [-0.2, -0.15) is 0 Å². The van der Waals surface area contributed by atoms with Gasteiger partial charge in [0.15, 0.2) is 0 Å². The SMILES string of the molecule is CCc1ccc2c(OCCOCCOCC3CO3)c3ccccc3c(O)c2c1. The molecule has 1 aliphatic heterocycles. The first-order chi connectivity index (χ1) is 13.8. The normalized spacial score (nSPS) is 16.0. The number of rotatable bonds is 10. The molecule has 3 aromatic rings. The van der Waals surface area contributed by atoms with Crippen molar-refractivity contribution < 1.29 is 24.1 Å². The van der Waals surface area contributed by atoms with Gasteiger partial charge in [0.2, 0.25) is 0 Å². The predicted molar refractivity (Wildman–Crippen MR) is 109 cm³/mol. The molecule has 4 rings (SSSR count). The highest BCUT2D eigenvalue weighted by atomic mass is 16.6. The van der Waals surface area contributed by atoms with Gasteiger partial charge in [0.05, 0.1) is 33.0 Å². The maximum absolute atomic E-state index is 10.8. The molecule has 1 N–H and O–H groups in total. The van der Waals surface area contributed by atoms with Gasteiger partial charge in [-0.1, -0.05) is 43.3 Å². The highest BCUT2D eigenvalue weighted by Crippen LogP contribution is 2.42. The summed E-state index contributed by atoms with van der Waals surface area (Å²) in [5.74, 6) is 1.10. The van der Waals surface area contributed by atoms with E-state index in [1.807, 2.05) is 36.4 Å². The van der Waals surface area contributed by atoms with E-state index in [1.54, 1.807) is 0 Å². The van der Waals surface area contributed by atoms with Gasteiger partial charge in [-0.15, -0.1) is 0 Å². The minimum atomic E-state index is 0.285. The highest BCUT2D eigenvalue weighted by molar-refractivity contribution is 6.10. The summed E-state index contributed by atoms with van der Waals surface area (Å²) in [6.45, 7) is 5.57. The van der Waals surface area contributed by atoms with Crippen molar-refractivity contribution in [3.63, 3.8) is 0 Å². The number of hydrogen-bond donors (Lipinski definition) is 1. The zero-order valence-electron chi connectivity index (χ0n) is 16.1. The first-order valence-corrected chi connectivity index (χ1v) is 9.84. The van der Waals surface area contributed by atoms with Crippen LogP contribution in [0.3, 0.4) is 0 Å². The van der Waals surface area contributed by atoms with Crippen LogP contribution in [-0.4, -0.2) is 50.9 Å². The van der Waals surface area contributed by atoms with Crippen molar-refractivity contribution in [2.75, 3.05) is 39.6 Å². The minimum Gasteiger partial charge on any atom is -0.507 e. The molecule has 1 saturated heterocycles.